The molecular weight excluding hydrogens is 258 g/mol. The van der Waals surface area contributed by atoms with Gasteiger partial charge >= 0.3 is 0 Å². The molecule has 0 radical (unpaired) electrons. The minimum atomic E-state index is 0.124. The fourth-order valence-electron chi connectivity index (χ4n) is 3.38. The molecular formula is C19H23NO. The minimum absolute atomic E-state index is 0.124. The van der Waals surface area contributed by atoms with Gasteiger partial charge in [-0.3, -0.25) is 0 Å². The Bertz CT molecular complexity index is 642. The van der Waals surface area contributed by atoms with Crippen molar-refractivity contribution in [3.05, 3.63) is 64.2 Å². The molecule has 1 aliphatic heterocycles. The molecule has 1 N–H and O–H groups in total. The number of nitrogens with one attached hydrogen (secondary N) is 1. The van der Waals surface area contributed by atoms with E-state index in [-0.39, 0.29) is 6.10 Å². The van der Waals surface area contributed by atoms with Gasteiger partial charge in [-0.1, -0.05) is 35.9 Å². The topological polar surface area (TPSA) is 21.3 Å². The Morgan fingerprint density at radius 3 is 2.43 bits per heavy atom. The van der Waals surface area contributed by atoms with Crippen molar-refractivity contribution in [3.8, 4) is 5.75 Å². The van der Waals surface area contributed by atoms with E-state index in [0.717, 1.165) is 12.2 Å². The molecule has 2 nitrogen and oxygen atoms in total. The SMILES string of the molecule is CNC1CC(c2c(C)cccc2C)Oc2ccc(C)cc21. The summed E-state index contributed by atoms with van der Waals surface area (Å²) in [6, 6.07) is 13.3. The standard InChI is InChI=1S/C19H23NO/c1-12-8-9-17-15(10-12)16(20-4)11-18(21-17)19-13(2)6-5-7-14(19)3/h5-10,16,18,20H,11H2,1-4H3. The maximum absolute atomic E-state index is 6.33. The summed E-state index contributed by atoms with van der Waals surface area (Å²) >= 11 is 0. The summed E-state index contributed by atoms with van der Waals surface area (Å²) in [4.78, 5) is 0. The number of ether oxygens (including phenoxy) is 1. The van der Waals surface area contributed by atoms with E-state index in [1.54, 1.807) is 0 Å². The zero-order valence-electron chi connectivity index (χ0n) is 13.2. The molecule has 1 aliphatic rings. The first-order valence-electron chi connectivity index (χ1n) is 7.60. The lowest BCUT2D eigenvalue weighted by Gasteiger charge is -2.34. The Morgan fingerprint density at radius 1 is 1.05 bits per heavy atom. The Hall–Kier alpha value is -1.80. The molecule has 1 heterocycles. The highest BCUT2D eigenvalue weighted by Crippen LogP contribution is 2.42. The summed E-state index contributed by atoms with van der Waals surface area (Å²) in [7, 11) is 2.03. The van der Waals surface area contributed by atoms with E-state index in [4.69, 9.17) is 4.74 Å². The Morgan fingerprint density at radius 2 is 1.76 bits per heavy atom. The van der Waals surface area contributed by atoms with Crippen molar-refractivity contribution < 1.29 is 4.74 Å². The van der Waals surface area contributed by atoms with Gasteiger partial charge in [0.25, 0.3) is 0 Å². The van der Waals surface area contributed by atoms with Crippen molar-refractivity contribution in [1.29, 1.82) is 0 Å². The van der Waals surface area contributed by atoms with Gasteiger partial charge in [0, 0.05) is 18.0 Å². The van der Waals surface area contributed by atoms with Crippen LogP contribution in [0, 0.1) is 20.8 Å². The molecule has 0 aromatic heterocycles. The van der Waals surface area contributed by atoms with Crippen molar-refractivity contribution in [2.75, 3.05) is 7.05 Å². The highest BCUT2D eigenvalue weighted by molar-refractivity contribution is 5.44. The van der Waals surface area contributed by atoms with E-state index >= 15 is 0 Å². The van der Waals surface area contributed by atoms with Gasteiger partial charge in [-0.05, 0) is 50.6 Å². The van der Waals surface area contributed by atoms with Crippen LogP contribution in [-0.2, 0) is 0 Å². The van der Waals surface area contributed by atoms with Crippen LogP contribution in [0.15, 0.2) is 36.4 Å². The van der Waals surface area contributed by atoms with Gasteiger partial charge in [0.2, 0.25) is 0 Å². The predicted molar refractivity (Wildman–Crippen MR) is 86.9 cm³/mol. The molecule has 2 atom stereocenters. The summed E-state index contributed by atoms with van der Waals surface area (Å²) in [5.41, 5.74) is 6.52. The molecule has 0 saturated carbocycles. The zero-order chi connectivity index (χ0) is 15.0. The van der Waals surface area contributed by atoms with Crippen molar-refractivity contribution >= 4 is 0 Å². The molecule has 21 heavy (non-hydrogen) atoms. The summed E-state index contributed by atoms with van der Waals surface area (Å²) < 4.78 is 6.33. The van der Waals surface area contributed by atoms with E-state index in [1.165, 1.54) is 27.8 Å². The molecule has 0 bridgehead atoms. The Kier molecular flexibility index (Phi) is 3.73. The highest BCUT2D eigenvalue weighted by atomic mass is 16.5. The molecule has 0 aliphatic carbocycles. The first-order valence-corrected chi connectivity index (χ1v) is 7.60. The lowest BCUT2D eigenvalue weighted by molar-refractivity contribution is 0.152. The van der Waals surface area contributed by atoms with Crippen LogP contribution >= 0.6 is 0 Å². The summed E-state index contributed by atoms with van der Waals surface area (Å²) in [6.07, 6.45) is 1.09. The molecule has 0 fully saturated rings. The van der Waals surface area contributed by atoms with Crippen LogP contribution in [0.2, 0.25) is 0 Å². The predicted octanol–water partition coefficient (Wildman–Crippen LogP) is 4.40. The Balaban J connectivity index is 2.03. The molecule has 2 heteroatoms. The molecule has 110 valence electrons. The van der Waals surface area contributed by atoms with Crippen LogP contribution in [0.4, 0.5) is 0 Å². The van der Waals surface area contributed by atoms with Crippen molar-refractivity contribution in [3.63, 3.8) is 0 Å². The van der Waals surface area contributed by atoms with Crippen LogP contribution < -0.4 is 10.1 Å². The number of rotatable bonds is 2. The fourth-order valence-corrected chi connectivity index (χ4v) is 3.38. The van der Waals surface area contributed by atoms with Gasteiger partial charge in [-0.25, -0.2) is 0 Å². The quantitative estimate of drug-likeness (QED) is 0.881. The van der Waals surface area contributed by atoms with Crippen LogP contribution in [0.5, 0.6) is 5.75 Å². The average Bonchev–Trinajstić information content (AvgIpc) is 2.46. The zero-order valence-corrected chi connectivity index (χ0v) is 13.2. The third kappa shape index (κ3) is 2.56. The summed E-state index contributed by atoms with van der Waals surface area (Å²) in [5, 5.41) is 3.45. The van der Waals surface area contributed by atoms with Gasteiger partial charge in [0.05, 0.1) is 0 Å². The number of fused-ring (bicyclic) bond motifs is 1. The number of hydrogen-bond donors (Lipinski definition) is 1. The van der Waals surface area contributed by atoms with Crippen LogP contribution in [0.1, 0.15) is 46.4 Å². The van der Waals surface area contributed by atoms with E-state index < -0.39 is 0 Å². The second-order valence-corrected chi connectivity index (χ2v) is 6.03. The van der Waals surface area contributed by atoms with Crippen LogP contribution in [-0.4, -0.2) is 7.05 Å². The number of benzene rings is 2. The Labute approximate surface area is 127 Å². The first-order chi connectivity index (χ1) is 10.1. The third-order valence-corrected chi connectivity index (χ3v) is 4.47. The fraction of sp³-hybridized carbons (Fsp3) is 0.368. The largest absolute Gasteiger partial charge is 0.485 e. The summed E-state index contributed by atoms with van der Waals surface area (Å²) in [6.45, 7) is 6.47. The lowest BCUT2D eigenvalue weighted by Crippen LogP contribution is -2.27. The van der Waals surface area contributed by atoms with Crippen LogP contribution in [0.25, 0.3) is 0 Å². The second kappa shape index (κ2) is 5.53. The van der Waals surface area contributed by atoms with Gasteiger partial charge < -0.3 is 10.1 Å². The van der Waals surface area contributed by atoms with Crippen molar-refractivity contribution in [2.24, 2.45) is 0 Å². The normalized spacial score (nSPS) is 20.8. The van der Waals surface area contributed by atoms with E-state index in [2.05, 4.69) is 62.5 Å². The van der Waals surface area contributed by atoms with Crippen LogP contribution in [0.3, 0.4) is 0 Å². The van der Waals surface area contributed by atoms with Gasteiger partial charge in [0.15, 0.2) is 0 Å². The second-order valence-electron chi connectivity index (χ2n) is 6.03. The smallest absolute Gasteiger partial charge is 0.126 e. The molecule has 0 spiro atoms. The molecule has 2 unspecified atom stereocenters. The van der Waals surface area contributed by atoms with Gasteiger partial charge in [-0.15, -0.1) is 0 Å². The number of hydrogen-bond acceptors (Lipinski definition) is 2. The van der Waals surface area contributed by atoms with E-state index in [9.17, 15) is 0 Å². The summed E-state index contributed by atoms with van der Waals surface area (Å²) in [5.74, 6) is 1.01. The molecule has 0 saturated heterocycles. The van der Waals surface area contributed by atoms with Crippen molar-refractivity contribution in [2.45, 2.75) is 39.3 Å². The van der Waals surface area contributed by atoms with Crippen molar-refractivity contribution in [1.82, 2.24) is 5.32 Å². The number of aryl methyl sites for hydroxylation is 3. The molecule has 2 aromatic carbocycles. The average molecular weight is 281 g/mol. The van der Waals surface area contributed by atoms with Gasteiger partial charge in [-0.2, -0.15) is 0 Å². The third-order valence-electron chi connectivity index (χ3n) is 4.47. The molecule has 3 rings (SSSR count). The van der Waals surface area contributed by atoms with E-state index in [1.807, 2.05) is 7.05 Å². The monoisotopic (exact) mass is 281 g/mol. The minimum Gasteiger partial charge on any atom is -0.485 e. The maximum Gasteiger partial charge on any atom is 0.126 e. The van der Waals surface area contributed by atoms with E-state index in [0.29, 0.717) is 6.04 Å². The molecule has 2 aromatic rings. The first kappa shape index (κ1) is 14.2. The lowest BCUT2D eigenvalue weighted by atomic mass is 9.88. The van der Waals surface area contributed by atoms with Gasteiger partial charge in [0.1, 0.15) is 11.9 Å². The maximum atomic E-state index is 6.33. The highest BCUT2D eigenvalue weighted by Gasteiger charge is 2.30. The molecule has 0 amide bonds.